The second kappa shape index (κ2) is 9.29. The van der Waals surface area contributed by atoms with Crippen LogP contribution in [-0.2, 0) is 28.6 Å². The van der Waals surface area contributed by atoms with Crippen molar-refractivity contribution in [2.75, 3.05) is 20.3 Å². The van der Waals surface area contributed by atoms with Gasteiger partial charge in [0.15, 0.2) is 0 Å². The number of ether oxygens (including phenoxy) is 3. The fraction of sp³-hybridized carbons (Fsp3) is 0.688. The molecular weight excluding hydrogens is 302 g/mol. The Labute approximate surface area is 136 Å². The van der Waals surface area contributed by atoms with Crippen molar-refractivity contribution in [3.05, 3.63) is 12.2 Å². The van der Waals surface area contributed by atoms with Gasteiger partial charge in [-0.3, -0.25) is 9.59 Å². The van der Waals surface area contributed by atoms with Gasteiger partial charge in [-0.25, -0.2) is 4.79 Å². The summed E-state index contributed by atoms with van der Waals surface area (Å²) in [7, 11) is 1.54. The summed E-state index contributed by atoms with van der Waals surface area (Å²) in [6.07, 6.45) is 3.37. The molecule has 4 atom stereocenters. The SMILES string of the molecule is CO[C@H]1COC(=O)[C@H](C)COC(=O)[C@H](C)NC(=O)CC=C[C@H]1C. The maximum atomic E-state index is 11.9. The summed E-state index contributed by atoms with van der Waals surface area (Å²) in [5.74, 6) is -1.93. The fourth-order valence-corrected chi connectivity index (χ4v) is 2.01. The van der Waals surface area contributed by atoms with Crippen LogP contribution in [0.5, 0.6) is 0 Å². The van der Waals surface area contributed by atoms with Crippen LogP contribution in [0.1, 0.15) is 27.2 Å². The number of cyclic esters (lactones) is 2. The molecule has 0 saturated carbocycles. The second-order valence-electron chi connectivity index (χ2n) is 5.72. The quantitative estimate of drug-likeness (QED) is 0.566. The molecule has 130 valence electrons. The monoisotopic (exact) mass is 327 g/mol. The van der Waals surface area contributed by atoms with E-state index in [4.69, 9.17) is 14.2 Å². The van der Waals surface area contributed by atoms with Gasteiger partial charge in [-0.15, -0.1) is 0 Å². The van der Waals surface area contributed by atoms with Crippen molar-refractivity contribution in [2.45, 2.75) is 39.3 Å². The number of carbonyl (C=O) groups is 3. The summed E-state index contributed by atoms with van der Waals surface area (Å²) < 4.78 is 15.6. The first-order valence-corrected chi connectivity index (χ1v) is 7.67. The van der Waals surface area contributed by atoms with Gasteiger partial charge >= 0.3 is 11.9 Å². The molecule has 1 rings (SSSR count). The normalized spacial score (nSPS) is 31.4. The fourth-order valence-electron chi connectivity index (χ4n) is 2.01. The van der Waals surface area contributed by atoms with E-state index in [-0.39, 0.29) is 37.6 Å². The Balaban J connectivity index is 2.83. The van der Waals surface area contributed by atoms with Crippen molar-refractivity contribution in [1.82, 2.24) is 5.32 Å². The van der Waals surface area contributed by atoms with E-state index in [1.54, 1.807) is 13.0 Å². The number of rotatable bonds is 1. The highest BCUT2D eigenvalue weighted by atomic mass is 16.6. The van der Waals surface area contributed by atoms with Crippen molar-refractivity contribution in [3.63, 3.8) is 0 Å². The Morgan fingerprint density at radius 3 is 2.39 bits per heavy atom. The first-order valence-electron chi connectivity index (χ1n) is 7.67. The zero-order valence-corrected chi connectivity index (χ0v) is 14.0. The van der Waals surface area contributed by atoms with Gasteiger partial charge in [0.05, 0.1) is 12.0 Å². The number of methoxy groups -OCH3 is 1. The van der Waals surface area contributed by atoms with Crippen molar-refractivity contribution in [1.29, 1.82) is 0 Å². The van der Waals surface area contributed by atoms with Crippen LogP contribution < -0.4 is 5.32 Å². The Hall–Kier alpha value is -1.89. The number of amides is 1. The molecule has 1 aliphatic rings. The smallest absolute Gasteiger partial charge is 0.328 e. The molecule has 7 nitrogen and oxygen atoms in total. The molecule has 23 heavy (non-hydrogen) atoms. The molecule has 0 bridgehead atoms. The molecule has 0 radical (unpaired) electrons. The number of nitrogens with one attached hydrogen (secondary N) is 1. The molecule has 0 fully saturated rings. The zero-order chi connectivity index (χ0) is 17.4. The van der Waals surface area contributed by atoms with Crippen LogP contribution >= 0.6 is 0 Å². The average Bonchev–Trinajstić information content (AvgIpc) is 2.51. The van der Waals surface area contributed by atoms with E-state index in [0.29, 0.717) is 0 Å². The van der Waals surface area contributed by atoms with E-state index < -0.39 is 23.9 Å². The van der Waals surface area contributed by atoms with Crippen molar-refractivity contribution in [3.8, 4) is 0 Å². The lowest BCUT2D eigenvalue weighted by Gasteiger charge is -2.21. The Morgan fingerprint density at radius 1 is 1.09 bits per heavy atom. The molecular formula is C16H25NO6. The minimum atomic E-state index is -0.770. The second-order valence-corrected chi connectivity index (χ2v) is 5.72. The zero-order valence-electron chi connectivity index (χ0n) is 14.0. The van der Waals surface area contributed by atoms with Gasteiger partial charge < -0.3 is 19.5 Å². The molecule has 1 amide bonds. The highest BCUT2D eigenvalue weighted by Crippen LogP contribution is 2.11. The summed E-state index contributed by atoms with van der Waals surface area (Å²) in [5, 5.41) is 2.55. The molecule has 1 aliphatic heterocycles. The van der Waals surface area contributed by atoms with Gasteiger partial charge in [0.2, 0.25) is 5.91 Å². The highest BCUT2D eigenvalue weighted by Gasteiger charge is 2.23. The van der Waals surface area contributed by atoms with Gasteiger partial charge in [-0.1, -0.05) is 19.1 Å². The highest BCUT2D eigenvalue weighted by molar-refractivity contribution is 5.85. The summed E-state index contributed by atoms with van der Waals surface area (Å²) in [5.41, 5.74) is 0. The number of hydrogen-bond acceptors (Lipinski definition) is 6. The summed E-state index contributed by atoms with van der Waals surface area (Å²) >= 11 is 0. The van der Waals surface area contributed by atoms with Crippen molar-refractivity contribution < 1.29 is 28.6 Å². The Bertz CT molecular complexity index is 461. The molecule has 0 spiro atoms. The van der Waals surface area contributed by atoms with Gasteiger partial charge in [-0.05, 0) is 13.8 Å². The standard InChI is InChI=1S/C16H25NO6/c1-10-6-5-7-14(18)17-12(3)16(20)22-8-11(2)15(19)23-9-13(10)21-4/h5-6,10-13H,7-9H2,1-4H3,(H,17,18)/t10-,11-,12+,13+/m1/s1. The van der Waals surface area contributed by atoms with E-state index in [1.807, 2.05) is 13.0 Å². The molecule has 1 N–H and O–H groups in total. The maximum Gasteiger partial charge on any atom is 0.328 e. The topological polar surface area (TPSA) is 90.9 Å². The van der Waals surface area contributed by atoms with Crippen molar-refractivity contribution in [2.24, 2.45) is 11.8 Å². The average molecular weight is 327 g/mol. The van der Waals surface area contributed by atoms with E-state index in [2.05, 4.69) is 5.32 Å². The molecule has 0 saturated heterocycles. The lowest BCUT2D eigenvalue weighted by Crippen LogP contribution is -2.40. The van der Waals surface area contributed by atoms with Gasteiger partial charge in [-0.2, -0.15) is 0 Å². The first kappa shape index (κ1) is 19.2. The van der Waals surface area contributed by atoms with Crippen LogP contribution in [0.4, 0.5) is 0 Å². The molecule has 0 aliphatic carbocycles. The number of carbonyl (C=O) groups excluding carboxylic acids is 3. The summed E-state index contributed by atoms with van der Waals surface area (Å²) in [6, 6.07) is -0.770. The number of esters is 2. The van der Waals surface area contributed by atoms with Crippen LogP contribution in [0, 0.1) is 11.8 Å². The summed E-state index contributed by atoms with van der Waals surface area (Å²) in [4.78, 5) is 35.4. The third-order valence-electron chi connectivity index (χ3n) is 3.63. The molecule has 0 aromatic carbocycles. The van der Waals surface area contributed by atoms with Gasteiger partial charge in [0.1, 0.15) is 19.3 Å². The van der Waals surface area contributed by atoms with Gasteiger partial charge in [0, 0.05) is 19.4 Å². The van der Waals surface area contributed by atoms with Crippen LogP contribution in [0.25, 0.3) is 0 Å². The Morgan fingerprint density at radius 2 is 1.74 bits per heavy atom. The first-order chi connectivity index (χ1) is 10.8. The van der Waals surface area contributed by atoms with Crippen LogP contribution in [0.3, 0.4) is 0 Å². The van der Waals surface area contributed by atoms with E-state index in [0.717, 1.165) is 0 Å². The maximum absolute atomic E-state index is 11.9. The molecule has 1 heterocycles. The van der Waals surface area contributed by atoms with Gasteiger partial charge in [0.25, 0.3) is 0 Å². The lowest BCUT2D eigenvalue weighted by molar-refractivity contribution is -0.158. The minimum absolute atomic E-state index is 0.0312. The van der Waals surface area contributed by atoms with Crippen LogP contribution in [0.15, 0.2) is 12.2 Å². The molecule has 0 aromatic heterocycles. The predicted octanol–water partition coefficient (Wildman–Crippen LogP) is 0.825. The van der Waals surface area contributed by atoms with Crippen molar-refractivity contribution >= 4 is 17.8 Å². The van der Waals surface area contributed by atoms with E-state index in [9.17, 15) is 14.4 Å². The molecule has 7 heteroatoms. The largest absolute Gasteiger partial charge is 0.463 e. The predicted molar refractivity (Wildman–Crippen MR) is 82.4 cm³/mol. The number of hydrogen-bond donors (Lipinski definition) is 1. The molecule has 0 aromatic rings. The molecule has 0 unspecified atom stereocenters. The van der Waals surface area contributed by atoms with E-state index in [1.165, 1.54) is 14.0 Å². The van der Waals surface area contributed by atoms with Crippen LogP contribution in [-0.4, -0.2) is 50.3 Å². The van der Waals surface area contributed by atoms with E-state index >= 15 is 0 Å². The minimum Gasteiger partial charge on any atom is -0.463 e. The lowest BCUT2D eigenvalue weighted by atomic mass is 10.0. The third kappa shape index (κ3) is 6.40. The summed E-state index contributed by atoms with van der Waals surface area (Å²) in [6.45, 7) is 5.06. The third-order valence-corrected chi connectivity index (χ3v) is 3.63. The van der Waals surface area contributed by atoms with Crippen LogP contribution in [0.2, 0.25) is 0 Å². The Kier molecular flexibility index (Phi) is 7.74.